The smallest absolute Gasteiger partial charge is 0.329 e. The molecule has 1 aromatic rings. The summed E-state index contributed by atoms with van der Waals surface area (Å²) in [5.41, 5.74) is -1.18. The Morgan fingerprint density at radius 3 is 2.52 bits per heavy atom. The Labute approximate surface area is 134 Å². The molecule has 1 aliphatic rings. The molecule has 126 valence electrons. The van der Waals surface area contributed by atoms with E-state index in [9.17, 15) is 19.1 Å². The number of ether oxygens (including phenoxy) is 1. The second-order valence-corrected chi connectivity index (χ2v) is 6.04. The predicted molar refractivity (Wildman–Crippen MR) is 83.0 cm³/mol. The van der Waals surface area contributed by atoms with E-state index < -0.39 is 23.2 Å². The van der Waals surface area contributed by atoms with Gasteiger partial charge in [0.25, 0.3) is 5.91 Å². The number of carboxylic acids is 1. The molecular weight excluding hydrogens is 301 g/mol. The van der Waals surface area contributed by atoms with Crippen LogP contribution in [0.4, 0.5) is 4.39 Å². The van der Waals surface area contributed by atoms with Crippen LogP contribution in [0.15, 0.2) is 18.2 Å². The number of carbonyl (C=O) groups excluding carboxylic acids is 1. The second-order valence-electron chi connectivity index (χ2n) is 6.04. The fraction of sp³-hybridized carbons (Fsp3) is 0.529. The fourth-order valence-electron chi connectivity index (χ4n) is 3.07. The SMILES string of the molecule is CCC1CCC(NC(=O)c2ccc(OC)c(F)c2)(C(=O)O)CC1. The van der Waals surface area contributed by atoms with Crippen molar-refractivity contribution in [1.82, 2.24) is 5.32 Å². The summed E-state index contributed by atoms with van der Waals surface area (Å²) >= 11 is 0. The van der Waals surface area contributed by atoms with E-state index in [0.29, 0.717) is 18.8 Å². The molecule has 23 heavy (non-hydrogen) atoms. The van der Waals surface area contributed by atoms with Gasteiger partial charge in [-0.2, -0.15) is 0 Å². The Kier molecular flexibility index (Phi) is 5.23. The standard InChI is InChI=1S/C17H22FNO4/c1-3-11-6-8-17(9-7-11,16(21)22)19-15(20)12-4-5-14(23-2)13(18)10-12/h4-5,10-11H,3,6-9H2,1-2H3,(H,19,20)(H,21,22). The zero-order valence-electron chi connectivity index (χ0n) is 13.4. The number of hydrogen-bond donors (Lipinski definition) is 2. The van der Waals surface area contributed by atoms with Gasteiger partial charge in [-0.25, -0.2) is 9.18 Å². The Balaban J connectivity index is 2.16. The van der Waals surface area contributed by atoms with Gasteiger partial charge in [0.2, 0.25) is 0 Å². The van der Waals surface area contributed by atoms with Gasteiger partial charge in [-0.3, -0.25) is 4.79 Å². The quantitative estimate of drug-likeness (QED) is 0.873. The molecular formula is C17H22FNO4. The molecule has 0 spiro atoms. The van der Waals surface area contributed by atoms with Crippen LogP contribution in [0.1, 0.15) is 49.4 Å². The van der Waals surface area contributed by atoms with E-state index in [-0.39, 0.29) is 11.3 Å². The van der Waals surface area contributed by atoms with Crippen molar-refractivity contribution in [2.75, 3.05) is 7.11 Å². The number of rotatable bonds is 5. The third-order valence-electron chi connectivity index (χ3n) is 4.71. The number of amides is 1. The Morgan fingerprint density at radius 1 is 1.39 bits per heavy atom. The molecule has 2 rings (SSSR count). The van der Waals surface area contributed by atoms with Crippen molar-refractivity contribution in [3.05, 3.63) is 29.6 Å². The average Bonchev–Trinajstić information content (AvgIpc) is 2.55. The minimum absolute atomic E-state index is 0.0398. The topological polar surface area (TPSA) is 75.6 Å². The first-order valence-corrected chi connectivity index (χ1v) is 7.81. The molecule has 0 heterocycles. The highest BCUT2D eigenvalue weighted by atomic mass is 19.1. The lowest BCUT2D eigenvalue weighted by molar-refractivity contribution is -0.146. The molecule has 0 saturated heterocycles. The third-order valence-corrected chi connectivity index (χ3v) is 4.71. The summed E-state index contributed by atoms with van der Waals surface area (Å²) in [5, 5.41) is 12.2. The summed E-state index contributed by atoms with van der Waals surface area (Å²) in [6.45, 7) is 2.08. The molecule has 0 bridgehead atoms. The van der Waals surface area contributed by atoms with E-state index in [4.69, 9.17) is 4.74 Å². The largest absolute Gasteiger partial charge is 0.494 e. The summed E-state index contributed by atoms with van der Waals surface area (Å²) in [7, 11) is 1.34. The van der Waals surface area contributed by atoms with Gasteiger partial charge in [0.05, 0.1) is 7.11 Å². The first-order valence-electron chi connectivity index (χ1n) is 7.81. The van der Waals surface area contributed by atoms with E-state index in [1.807, 2.05) is 0 Å². The minimum atomic E-state index is -1.26. The van der Waals surface area contributed by atoms with Crippen LogP contribution in [0.5, 0.6) is 5.75 Å². The lowest BCUT2D eigenvalue weighted by Gasteiger charge is -2.37. The van der Waals surface area contributed by atoms with Crippen LogP contribution in [0, 0.1) is 11.7 Å². The monoisotopic (exact) mass is 323 g/mol. The molecule has 2 N–H and O–H groups in total. The van der Waals surface area contributed by atoms with E-state index in [1.165, 1.54) is 19.2 Å². The number of carbonyl (C=O) groups is 2. The van der Waals surface area contributed by atoms with Crippen molar-refractivity contribution in [1.29, 1.82) is 0 Å². The van der Waals surface area contributed by atoms with Gasteiger partial charge >= 0.3 is 5.97 Å². The first kappa shape index (κ1) is 17.2. The lowest BCUT2D eigenvalue weighted by atomic mass is 9.75. The molecule has 0 aromatic heterocycles. The number of hydrogen-bond acceptors (Lipinski definition) is 3. The fourth-order valence-corrected chi connectivity index (χ4v) is 3.07. The number of halogens is 1. The summed E-state index contributed by atoms with van der Waals surface area (Å²) in [6, 6.07) is 3.83. The predicted octanol–water partition coefficient (Wildman–Crippen LogP) is 2.99. The molecule has 1 amide bonds. The number of nitrogens with one attached hydrogen (secondary N) is 1. The highest BCUT2D eigenvalue weighted by molar-refractivity contribution is 5.98. The van der Waals surface area contributed by atoms with Crippen LogP contribution >= 0.6 is 0 Å². The van der Waals surface area contributed by atoms with Crippen LogP contribution in [-0.2, 0) is 4.79 Å². The maximum atomic E-state index is 13.7. The first-order chi connectivity index (χ1) is 10.9. The minimum Gasteiger partial charge on any atom is -0.494 e. The Hall–Kier alpha value is -2.11. The van der Waals surface area contributed by atoms with Gasteiger partial charge in [0.1, 0.15) is 5.54 Å². The van der Waals surface area contributed by atoms with Gasteiger partial charge in [0, 0.05) is 5.56 Å². The van der Waals surface area contributed by atoms with E-state index >= 15 is 0 Å². The highest BCUT2D eigenvalue weighted by Crippen LogP contribution is 2.34. The van der Waals surface area contributed by atoms with Crippen molar-refractivity contribution in [2.24, 2.45) is 5.92 Å². The van der Waals surface area contributed by atoms with E-state index in [2.05, 4.69) is 12.2 Å². The van der Waals surface area contributed by atoms with Crippen LogP contribution in [0.25, 0.3) is 0 Å². The molecule has 0 aliphatic heterocycles. The summed E-state index contributed by atoms with van der Waals surface area (Å²) in [6.07, 6.45) is 3.32. The number of carboxylic acid groups (broad SMARTS) is 1. The molecule has 1 fully saturated rings. The average molecular weight is 323 g/mol. The van der Waals surface area contributed by atoms with Gasteiger partial charge in [0.15, 0.2) is 11.6 Å². The molecule has 0 atom stereocenters. The maximum absolute atomic E-state index is 13.7. The van der Waals surface area contributed by atoms with Gasteiger partial charge in [-0.1, -0.05) is 13.3 Å². The summed E-state index contributed by atoms with van der Waals surface area (Å²) < 4.78 is 18.5. The third kappa shape index (κ3) is 3.63. The van der Waals surface area contributed by atoms with E-state index in [0.717, 1.165) is 25.3 Å². The van der Waals surface area contributed by atoms with Crippen molar-refractivity contribution in [3.8, 4) is 5.75 Å². The number of benzene rings is 1. The van der Waals surface area contributed by atoms with Gasteiger partial charge in [-0.15, -0.1) is 0 Å². The molecule has 5 nitrogen and oxygen atoms in total. The van der Waals surface area contributed by atoms with Crippen LogP contribution in [-0.4, -0.2) is 29.6 Å². The van der Waals surface area contributed by atoms with Crippen LogP contribution < -0.4 is 10.1 Å². The summed E-state index contributed by atoms with van der Waals surface area (Å²) in [5.74, 6) is -1.73. The molecule has 6 heteroatoms. The van der Waals surface area contributed by atoms with Crippen molar-refractivity contribution < 1.29 is 23.8 Å². The Bertz CT molecular complexity index is 594. The summed E-state index contributed by atoms with van der Waals surface area (Å²) in [4.78, 5) is 24.0. The molecule has 1 aromatic carbocycles. The zero-order chi connectivity index (χ0) is 17.0. The van der Waals surface area contributed by atoms with Crippen molar-refractivity contribution in [2.45, 2.75) is 44.6 Å². The van der Waals surface area contributed by atoms with Crippen LogP contribution in [0.3, 0.4) is 0 Å². The molecule has 0 unspecified atom stereocenters. The highest BCUT2D eigenvalue weighted by Gasteiger charge is 2.43. The molecule has 1 aliphatic carbocycles. The van der Waals surface area contributed by atoms with E-state index in [1.54, 1.807) is 0 Å². The second kappa shape index (κ2) is 6.98. The number of aliphatic carboxylic acids is 1. The molecule has 0 radical (unpaired) electrons. The Morgan fingerprint density at radius 2 is 2.04 bits per heavy atom. The number of methoxy groups -OCH3 is 1. The van der Waals surface area contributed by atoms with Crippen molar-refractivity contribution >= 4 is 11.9 Å². The normalized spacial score (nSPS) is 24.0. The van der Waals surface area contributed by atoms with Crippen molar-refractivity contribution in [3.63, 3.8) is 0 Å². The maximum Gasteiger partial charge on any atom is 0.329 e. The zero-order valence-corrected chi connectivity index (χ0v) is 13.4. The van der Waals surface area contributed by atoms with Crippen LogP contribution in [0.2, 0.25) is 0 Å². The van der Waals surface area contributed by atoms with Gasteiger partial charge < -0.3 is 15.2 Å². The molecule has 1 saturated carbocycles. The lowest BCUT2D eigenvalue weighted by Crippen LogP contribution is -2.56. The van der Waals surface area contributed by atoms with Gasteiger partial charge in [-0.05, 0) is 49.8 Å².